The molecule has 4 nitrogen and oxygen atoms in total. The van der Waals surface area contributed by atoms with Gasteiger partial charge in [-0.1, -0.05) is 20.8 Å². The second-order valence-corrected chi connectivity index (χ2v) is 14.3. The van der Waals surface area contributed by atoms with Crippen molar-refractivity contribution < 1.29 is 17.2 Å². The molecule has 0 N–H and O–H groups in total. The zero-order chi connectivity index (χ0) is 17.5. The van der Waals surface area contributed by atoms with Crippen LogP contribution in [0.2, 0.25) is 18.1 Å². The number of benzene rings is 1. The number of hydrogen-bond donors (Lipinski definition) is 0. The summed E-state index contributed by atoms with van der Waals surface area (Å²) in [5.41, 5.74) is 0. The van der Waals surface area contributed by atoms with E-state index >= 15 is 0 Å². The molecule has 1 saturated heterocycles. The van der Waals surface area contributed by atoms with Crippen LogP contribution in [-0.2, 0) is 14.4 Å². The SMILES string of the molecule is CC(C)(C)[Si](C)(C)OCCC1CN1S(=O)(=O)c1ccc(F)cc1. The van der Waals surface area contributed by atoms with Gasteiger partial charge in [-0.2, -0.15) is 4.31 Å². The molecule has 1 aromatic carbocycles. The zero-order valence-electron chi connectivity index (χ0n) is 14.5. The van der Waals surface area contributed by atoms with Crippen LogP contribution in [0, 0.1) is 5.82 Å². The summed E-state index contributed by atoms with van der Waals surface area (Å²) in [6.07, 6.45) is 0.701. The van der Waals surface area contributed by atoms with E-state index in [1.807, 2.05) is 0 Å². The fourth-order valence-corrected chi connectivity index (χ4v) is 4.78. The molecular formula is C16H26FNO3SSi. The van der Waals surface area contributed by atoms with Gasteiger partial charge in [0.1, 0.15) is 5.82 Å². The van der Waals surface area contributed by atoms with Crippen LogP contribution in [-0.4, -0.2) is 40.2 Å². The lowest BCUT2D eigenvalue weighted by molar-refractivity contribution is 0.279. The summed E-state index contributed by atoms with van der Waals surface area (Å²) in [4.78, 5) is 0.145. The predicted octanol–water partition coefficient (Wildman–Crippen LogP) is 3.61. The highest BCUT2D eigenvalue weighted by Gasteiger charge is 2.45. The van der Waals surface area contributed by atoms with Gasteiger partial charge < -0.3 is 4.43 Å². The van der Waals surface area contributed by atoms with Gasteiger partial charge in [-0.05, 0) is 48.8 Å². The molecule has 1 aliphatic heterocycles. The van der Waals surface area contributed by atoms with Crippen LogP contribution in [0.3, 0.4) is 0 Å². The Bertz CT molecular complexity index is 653. The van der Waals surface area contributed by atoms with Crippen molar-refractivity contribution in [3.63, 3.8) is 0 Å². The van der Waals surface area contributed by atoms with Crippen LogP contribution in [0.25, 0.3) is 0 Å². The molecule has 1 aliphatic rings. The first kappa shape index (κ1) is 18.6. The Morgan fingerprint density at radius 2 is 1.83 bits per heavy atom. The number of nitrogens with zero attached hydrogens (tertiary/aromatic N) is 1. The number of halogens is 1. The van der Waals surface area contributed by atoms with Crippen molar-refractivity contribution in [1.82, 2.24) is 4.31 Å². The van der Waals surface area contributed by atoms with E-state index in [4.69, 9.17) is 4.43 Å². The van der Waals surface area contributed by atoms with E-state index in [1.165, 1.54) is 28.6 Å². The van der Waals surface area contributed by atoms with E-state index in [2.05, 4.69) is 33.9 Å². The van der Waals surface area contributed by atoms with E-state index in [0.29, 0.717) is 19.6 Å². The third kappa shape index (κ3) is 4.20. The molecule has 1 fully saturated rings. The Morgan fingerprint density at radius 1 is 1.26 bits per heavy atom. The fraction of sp³-hybridized carbons (Fsp3) is 0.625. The van der Waals surface area contributed by atoms with E-state index in [0.717, 1.165) is 0 Å². The maximum absolute atomic E-state index is 12.9. The molecule has 23 heavy (non-hydrogen) atoms. The van der Waals surface area contributed by atoms with E-state index in [-0.39, 0.29) is 16.0 Å². The van der Waals surface area contributed by atoms with Crippen LogP contribution in [0.15, 0.2) is 29.2 Å². The maximum atomic E-state index is 12.9. The maximum Gasteiger partial charge on any atom is 0.243 e. The summed E-state index contributed by atoms with van der Waals surface area (Å²) in [5, 5.41) is 0.149. The van der Waals surface area contributed by atoms with Crippen molar-refractivity contribution in [3.8, 4) is 0 Å². The minimum atomic E-state index is -3.50. The summed E-state index contributed by atoms with van der Waals surface area (Å²) < 4.78 is 45.3. The molecule has 2 atom stereocenters. The molecule has 0 bridgehead atoms. The third-order valence-corrected chi connectivity index (χ3v) is 11.3. The van der Waals surface area contributed by atoms with E-state index in [9.17, 15) is 12.8 Å². The molecule has 7 heteroatoms. The van der Waals surface area contributed by atoms with Crippen LogP contribution < -0.4 is 0 Å². The van der Waals surface area contributed by atoms with Gasteiger partial charge in [-0.25, -0.2) is 12.8 Å². The largest absolute Gasteiger partial charge is 0.417 e. The average molecular weight is 360 g/mol. The van der Waals surface area contributed by atoms with Crippen LogP contribution in [0.5, 0.6) is 0 Å². The van der Waals surface area contributed by atoms with Gasteiger partial charge in [0, 0.05) is 19.2 Å². The lowest BCUT2D eigenvalue weighted by atomic mass is 10.2. The quantitative estimate of drug-likeness (QED) is 0.576. The predicted molar refractivity (Wildman–Crippen MR) is 91.8 cm³/mol. The lowest BCUT2D eigenvalue weighted by Gasteiger charge is -2.36. The molecule has 2 unspecified atom stereocenters. The standard InChI is InChI=1S/C16H26FNO3SSi/c1-16(2,3)23(4,5)21-11-10-14-12-18(14)22(19,20)15-8-6-13(17)7-9-15/h6-9,14H,10-12H2,1-5H3. The molecule has 1 heterocycles. The molecule has 1 aromatic rings. The summed E-state index contributed by atoms with van der Waals surface area (Å²) in [7, 11) is -5.30. The van der Waals surface area contributed by atoms with Crippen molar-refractivity contribution in [3.05, 3.63) is 30.1 Å². The van der Waals surface area contributed by atoms with Gasteiger partial charge >= 0.3 is 0 Å². The first-order valence-corrected chi connectivity index (χ1v) is 12.2. The topological polar surface area (TPSA) is 46.4 Å². The molecule has 0 aromatic heterocycles. The smallest absolute Gasteiger partial charge is 0.243 e. The summed E-state index contributed by atoms with van der Waals surface area (Å²) >= 11 is 0. The van der Waals surface area contributed by atoms with Crippen molar-refractivity contribution in [2.24, 2.45) is 0 Å². The molecule has 0 aliphatic carbocycles. The zero-order valence-corrected chi connectivity index (χ0v) is 16.3. The monoisotopic (exact) mass is 359 g/mol. The molecule has 0 radical (unpaired) electrons. The molecular weight excluding hydrogens is 333 g/mol. The summed E-state index contributed by atoms with van der Waals surface area (Å²) in [5.74, 6) is -0.436. The Labute approximate surface area is 139 Å². The van der Waals surface area contributed by atoms with E-state index < -0.39 is 24.2 Å². The lowest BCUT2D eigenvalue weighted by Crippen LogP contribution is -2.41. The molecule has 0 spiro atoms. The van der Waals surface area contributed by atoms with Crippen molar-refractivity contribution >= 4 is 18.3 Å². The minimum absolute atomic E-state index is 0.00479. The number of rotatable bonds is 6. The highest BCUT2D eigenvalue weighted by Crippen LogP contribution is 2.37. The minimum Gasteiger partial charge on any atom is -0.417 e. The average Bonchev–Trinajstić information content (AvgIpc) is 3.18. The highest BCUT2D eigenvalue weighted by molar-refractivity contribution is 7.89. The summed E-state index contributed by atoms with van der Waals surface area (Å²) in [6.45, 7) is 12.0. The second-order valence-electron chi connectivity index (χ2n) is 7.58. The Balaban J connectivity index is 1.89. The van der Waals surface area contributed by atoms with Gasteiger partial charge in [0.05, 0.1) is 4.90 Å². The van der Waals surface area contributed by atoms with Crippen LogP contribution >= 0.6 is 0 Å². The Hall–Kier alpha value is -0.763. The highest BCUT2D eigenvalue weighted by atomic mass is 32.2. The molecule has 130 valence electrons. The fourth-order valence-electron chi connectivity index (χ4n) is 2.10. The summed E-state index contributed by atoms with van der Waals surface area (Å²) in [6, 6.07) is 4.96. The molecule has 0 amide bonds. The van der Waals surface area contributed by atoms with Gasteiger partial charge in [0.15, 0.2) is 8.32 Å². The number of hydrogen-bond acceptors (Lipinski definition) is 3. The van der Waals surface area contributed by atoms with Gasteiger partial charge in [0.25, 0.3) is 0 Å². The van der Waals surface area contributed by atoms with E-state index in [1.54, 1.807) is 0 Å². The Morgan fingerprint density at radius 3 is 2.35 bits per heavy atom. The van der Waals surface area contributed by atoms with Crippen molar-refractivity contribution in [2.75, 3.05) is 13.2 Å². The number of sulfonamides is 1. The van der Waals surface area contributed by atoms with Crippen LogP contribution in [0.4, 0.5) is 4.39 Å². The van der Waals surface area contributed by atoms with Gasteiger partial charge in [-0.3, -0.25) is 0 Å². The third-order valence-electron chi connectivity index (χ3n) is 4.80. The Kier molecular flexibility index (Phi) is 5.07. The van der Waals surface area contributed by atoms with Crippen LogP contribution in [0.1, 0.15) is 27.2 Å². The van der Waals surface area contributed by atoms with Gasteiger partial charge in [0.2, 0.25) is 10.0 Å². The normalized spacial score (nSPS) is 22.2. The first-order chi connectivity index (χ1) is 10.4. The van der Waals surface area contributed by atoms with Crippen molar-refractivity contribution in [1.29, 1.82) is 0 Å². The van der Waals surface area contributed by atoms with Crippen molar-refractivity contribution in [2.45, 2.75) is 56.3 Å². The molecule has 2 rings (SSSR count). The molecule has 0 saturated carbocycles. The van der Waals surface area contributed by atoms with Gasteiger partial charge in [-0.15, -0.1) is 0 Å². The second kappa shape index (κ2) is 6.27. The first-order valence-electron chi connectivity index (χ1n) is 7.86.